The van der Waals surface area contributed by atoms with Crippen molar-refractivity contribution in [2.24, 2.45) is 0 Å². The molecule has 136 valence electrons. The Labute approximate surface area is 153 Å². The molecule has 1 atom stereocenters. The molecule has 1 saturated carbocycles. The number of piperazine rings is 1. The van der Waals surface area contributed by atoms with Gasteiger partial charge in [-0.25, -0.2) is 0 Å². The molecule has 0 unspecified atom stereocenters. The van der Waals surface area contributed by atoms with E-state index in [1.54, 1.807) is 12.1 Å². The molecule has 25 heavy (non-hydrogen) atoms. The third-order valence-corrected chi connectivity index (χ3v) is 5.42. The van der Waals surface area contributed by atoms with E-state index in [9.17, 15) is 9.59 Å². The van der Waals surface area contributed by atoms with E-state index in [-0.39, 0.29) is 17.9 Å². The van der Waals surface area contributed by atoms with Crippen molar-refractivity contribution < 1.29 is 19.4 Å². The molecule has 0 radical (unpaired) electrons. The van der Waals surface area contributed by atoms with Crippen LogP contribution >= 0.6 is 11.6 Å². The standard InChI is InChI=1S/C18H25ClN4O2/c1-13(18(25)20-14-6-7-14)23-10-8-22(9-11-23)12-17(24)21-16-5-3-2-4-15(16)19/h2-5,13-14H,6-12H2,1H3,(H,20,25)(H,21,24)/p+2/t13-/m1/s1. The summed E-state index contributed by atoms with van der Waals surface area (Å²) in [7, 11) is 0. The third kappa shape index (κ3) is 5.17. The minimum Gasteiger partial charge on any atom is -0.348 e. The number of benzene rings is 1. The van der Waals surface area contributed by atoms with E-state index in [0.29, 0.717) is 23.3 Å². The van der Waals surface area contributed by atoms with Gasteiger partial charge in [-0.05, 0) is 31.9 Å². The van der Waals surface area contributed by atoms with Crippen LogP contribution in [-0.4, -0.2) is 56.6 Å². The first-order chi connectivity index (χ1) is 12.0. The van der Waals surface area contributed by atoms with Crippen LogP contribution in [0.1, 0.15) is 19.8 Å². The highest BCUT2D eigenvalue weighted by Crippen LogP contribution is 2.20. The van der Waals surface area contributed by atoms with Gasteiger partial charge >= 0.3 is 0 Å². The third-order valence-electron chi connectivity index (χ3n) is 5.09. The summed E-state index contributed by atoms with van der Waals surface area (Å²) in [6.07, 6.45) is 2.23. The van der Waals surface area contributed by atoms with E-state index >= 15 is 0 Å². The molecule has 7 heteroatoms. The van der Waals surface area contributed by atoms with Crippen LogP contribution in [-0.2, 0) is 9.59 Å². The van der Waals surface area contributed by atoms with Crippen LogP contribution in [0.15, 0.2) is 24.3 Å². The summed E-state index contributed by atoms with van der Waals surface area (Å²) in [5.74, 6) is 0.142. The second kappa shape index (κ2) is 8.17. The number of para-hydroxylation sites is 1. The molecule has 0 bridgehead atoms. The number of halogens is 1. The Kier molecular flexibility index (Phi) is 5.93. The van der Waals surface area contributed by atoms with Crippen LogP contribution in [0.3, 0.4) is 0 Å². The van der Waals surface area contributed by atoms with E-state index < -0.39 is 0 Å². The first kappa shape index (κ1) is 18.2. The highest BCUT2D eigenvalue weighted by molar-refractivity contribution is 6.33. The highest BCUT2D eigenvalue weighted by atomic mass is 35.5. The van der Waals surface area contributed by atoms with Gasteiger partial charge < -0.3 is 20.4 Å². The maximum absolute atomic E-state index is 12.2. The van der Waals surface area contributed by atoms with E-state index in [0.717, 1.165) is 39.0 Å². The van der Waals surface area contributed by atoms with E-state index in [2.05, 4.69) is 10.6 Å². The number of hydrogen-bond donors (Lipinski definition) is 4. The van der Waals surface area contributed by atoms with E-state index in [1.807, 2.05) is 19.1 Å². The lowest BCUT2D eigenvalue weighted by Gasteiger charge is -2.32. The molecule has 0 aromatic heterocycles. The van der Waals surface area contributed by atoms with Crippen molar-refractivity contribution in [1.82, 2.24) is 5.32 Å². The molecule has 0 spiro atoms. The SMILES string of the molecule is C[C@H](C(=O)NC1CC1)[NH+]1CC[NH+](CC(=O)Nc2ccccc2Cl)CC1. The van der Waals surface area contributed by atoms with Crippen LogP contribution < -0.4 is 20.4 Å². The molecule has 1 aliphatic carbocycles. The van der Waals surface area contributed by atoms with Crippen molar-refractivity contribution >= 4 is 29.1 Å². The fourth-order valence-electron chi connectivity index (χ4n) is 3.26. The summed E-state index contributed by atoms with van der Waals surface area (Å²) < 4.78 is 0. The second-order valence-corrected chi connectivity index (χ2v) is 7.52. The molecule has 1 saturated heterocycles. The first-order valence-corrected chi connectivity index (χ1v) is 9.43. The quantitative estimate of drug-likeness (QED) is 0.507. The maximum Gasteiger partial charge on any atom is 0.279 e. The van der Waals surface area contributed by atoms with Gasteiger partial charge in [0.1, 0.15) is 26.2 Å². The largest absolute Gasteiger partial charge is 0.348 e. The maximum atomic E-state index is 12.2. The van der Waals surface area contributed by atoms with Crippen LogP contribution in [0.2, 0.25) is 5.02 Å². The minimum atomic E-state index is -0.0222. The van der Waals surface area contributed by atoms with Gasteiger partial charge in [-0.15, -0.1) is 0 Å². The predicted octanol–water partition coefficient (Wildman–Crippen LogP) is -1.27. The summed E-state index contributed by atoms with van der Waals surface area (Å²) in [5, 5.41) is 6.51. The van der Waals surface area contributed by atoms with Gasteiger partial charge in [-0.3, -0.25) is 9.59 Å². The summed E-state index contributed by atoms with van der Waals surface area (Å²) >= 11 is 6.07. The molecule has 1 aromatic carbocycles. The Morgan fingerprint density at radius 3 is 2.52 bits per heavy atom. The number of quaternary nitrogens is 2. The zero-order valence-corrected chi connectivity index (χ0v) is 15.4. The zero-order valence-electron chi connectivity index (χ0n) is 14.6. The molecule has 1 aliphatic heterocycles. The predicted molar refractivity (Wildman–Crippen MR) is 97.0 cm³/mol. The fourth-order valence-corrected chi connectivity index (χ4v) is 3.44. The van der Waals surface area contributed by atoms with Crippen LogP contribution in [0.4, 0.5) is 5.69 Å². The molecule has 6 nitrogen and oxygen atoms in total. The van der Waals surface area contributed by atoms with Gasteiger partial charge in [0.25, 0.3) is 11.8 Å². The van der Waals surface area contributed by atoms with Gasteiger partial charge in [-0.1, -0.05) is 23.7 Å². The number of amides is 2. The molecular formula is C18H27ClN4O2+2. The number of rotatable bonds is 6. The molecule has 4 N–H and O–H groups in total. The van der Waals surface area contributed by atoms with E-state index in [1.165, 1.54) is 9.80 Å². The molecule has 2 amide bonds. The molecule has 1 heterocycles. The number of nitrogens with one attached hydrogen (secondary N) is 4. The lowest BCUT2D eigenvalue weighted by molar-refractivity contribution is -1.01. The minimum absolute atomic E-state index is 0.0147. The smallest absolute Gasteiger partial charge is 0.279 e. The van der Waals surface area contributed by atoms with Gasteiger partial charge in [0.15, 0.2) is 12.6 Å². The molecule has 2 fully saturated rings. The van der Waals surface area contributed by atoms with Crippen molar-refractivity contribution in [3.05, 3.63) is 29.3 Å². The van der Waals surface area contributed by atoms with Crippen molar-refractivity contribution in [1.29, 1.82) is 0 Å². The highest BCUT2D eigenvalue weighted by Gasteiger charge is 2.34. The first-order valence-electron chi connectivity index (χ1n) is 9.06. The Bertz CT molecular complexity index is 627. The molecule has 2 aliphatic rings. The van der Waals surface area contributed by atoms with Gasteiger partial charge in [-0.2, -0.15) is 0 Å². The molecule has 1 aromatic rings. The van der Waals surface area contributed by atoms with E-state index in [4.69, 9.17) is 11.6 Å². The van der Waals surface area contributed by atoms with Crippen molar-refractivity contribution in [3.8, 4) is 0 Å². The topological polar surface area (TPSA) is 67.1 Å². The monoisotopic (exact) mass is 366 g/mol. The number of anilines is 1. The summed E-state index contributed by atoms with van der Waals surface area (Å²) in [5.41, 5.74) is 0.656. The lowest BCUT2D eigenvalue weighted by atomic mass is 10.2. The summed E-state index contributed by atoms with van der Waals surface area (Å²) in [6.45, 7) is 6.05. The van der Waals surface area contributed by atoms with Gasteiger partial charge in [0, 0.05) is 6.04 Å². The van der Waals surface area contributed by atoms with Crippen LogP contribution in [0.5, 0.6) is 0 Å². The molecular weight excluding hydrogens is 340 g/mol. The second-order valence-electron chi connectivity index (χ2n) is 7.12. The number of hydrogen-bond acceptors (Lipinski definition) is 2. The fraction of sp³-hybridized carbons (Fsp3) is 0.556. The Hall–Kier alpha value is -1.63. The Balaban J connectivity index is 1.42. The van der Waals surface area contributed by atoms with Crippen molar-refractivity contribution in [2.45, 2.75) is 31.8 Å². The number of carbonyl (C=O) groups is 2. The Morgan fingerprint density at radius 2 is 1.88 bits per heavy atom. The van der Waals surface area contributed by atoms with Gasteiger partial charge in [0.2, 0.25) is 0 Å². The van der Waals surface area contributed by atoms with Crippen molar-refractivity contribution in [3.63, 3.8) is 0 Å². The van der Waals surface area contributed by atoms with Crippen molar-refractivity contribution in [2.75, 3.05) is 38.0 Å². The Morgan fingerprint density at radius 1 is 1.20 bits per heavy atom. The molecule has 3 rings (SSSR count). The average Bonchev–Trinajstić information content (AvgIpc) is 3.41. The normalized spacial score (nSPS) is 24.4. The number of carbonyl (C=O) groups excluding carboxylic acids is 2. The zero-order chi connectivity index (χ0) is 17.8. The van der Waals surface area contributed by atoms with Crippen LogP contribution in [0, 0.1) is 0 Å². The van der Waals surface area contributed by atoms with Crippen LogP contribution in [0.25, 0.3) is 0 Å². The lowest BCUT2D eigenvalue weighted by Crippen LogP contribution is -3.30. The average molecular weight is 367 g/mol. The summed E-state index contributed by atoms with van der Waals surface area (Å²) in [6, 6.07) is 7.66. The summed E-state index contributed by atoms with van der Waals surface area (Å²) in [4.78, 5) is 27.0. The van der Waals surface area contributed by atoms with Gasteiger partial charge in [0.05, 0.1) is 10.7 Å².